The lowest BCUT2D eigenvalue weighted by Crippen LogP contribution is -2.39. The number of thiazole rings is 1. The summed E-state index contributed by atoms with van der Waals surface area (Å²) < 4.78 is 18.6. The van der Waals surface area contributed by atoms with Gasteiger partial charge in [-0.1, -0.05) is 23.5 Å². The monoisotopic (exact) mass is 534 g/mol. The maximum atomic E-state index is 13.7. The number of furan rings is 1. The van der Waals surface area contributed by atoms with Crippen molar-refractivity contribution in [1.82, 2.24) is 14.5 Å². The summed E-state index contributed by atoms with van der Waals surface area (Å²) in [5, 5.41) is 1.16. The summed E-state index contributed by atoms with van der Waals surface area (Å²) in [6.45, 7) is 3.69. The van der Waals surface area contributed by atoms with Crippen molar-refractivity contribution in [3.05, 3.63) is 97.1 Å². The van der Waals surface area contributed by atoms with E-state index in [0.717, 1.165) is 0 Å². The zero-order valence-corrected chi connectivity index (χ0v) is 21.8. The molecule has 0 saturated heterocycles. The van der Waals surface area contributed by atoms with Gasteiger partial charge < -0.3 is 13.9 Å². The third-order valence-electron chi connectivity index (χ3n) is 5.54. The van der Waals surface area contributed by atoms with E-state index in [1.54, 1.807) is 69.8 Å². The fourth-order valence-electron chi connectivity index (χ4n) is 3.94. The maximum Gasteiger partial charge on any atom is 0.338 e. The first-order valence-electron chi connectivity index (χ1n) is 11.4. The van der Waals surface area contributed by atoms with E-state index in [1.165, 1.54) is 27.7 Å². The minimum Gasteiger partial charge on any atom is -0.497 e. The van der Waals surface area contributed by atoms with Crippen LogP contribution in [0.2, 0.25) is 0 Å². The molecular weight excluding hydrogens is 512 g/mol. The average molecular weight is 535 g/mol. The van der Waals surface area contributed by atoms with Crippen LogP contribution in [0.25, 0.3) is 6.08 Å². The van der Waals surface area contributed by atoms with E-state index in [4.69, 9.17) is 13.9 Å². The highest BCUT2D eigenvalue weighted by molar-refractivity contribution is 7.99. The predicted octanol–water partition coefficient (Wildman–Crippen LogP) is 3.34. The van der Waals surface area contributed by atoms with E-state index in [0.29, 0.717) is 47.9 Å². The van der Waals surface area contributed by atoms with Gasteiger partial charge in [-0.05, 0) is 61.5 Å². The fraction of sp³-hybridized carbons (Fsp3) is 0.192. The van der Waals surface area contributed by atoms with Crippen molar-refractivity contribution < 1.29 is 18.7 Å². The van der Waals surface area contributed by atoms with Crippen molar-refractivity contribution in [2.24, 2.45) is 4.99 Å². The van der Waals surface area contributed by atoms with Gasteiger partial charge in [-0.3, -0.25) is 9.36 Å². The van der Waals surface area contributed by atoms with Crippen LogP contribution >= 0.6 is 23.1 Å². The normalized spacial score (nSPS) is 15.3. The number of hydrogen-bond acceptors (Lipinski definition) is 10. The quantitative estimate of drug-likeness (QED) is 0.262. The smallest absolute Gasteiger partial charge is 0.338 e. The van der Waals surface area contributed by atoms with Gasteiger partial charge >= 0.3 is 5.97 Å². The summed E-state index contributed by atoms with van der Waals surface area (Å²) in [5.74, 6) is 0.602. The number of aromatic nitrogens is 3. The number of carbonyl (C=O) groups excluding carboxylic acids is 1. The molecule has 0 amide bonds. The molecule has 5 rings (SSSR count). The Balaban J connectivity index is 1.60. The van der Waals surface area contributed by atoms with Gasteiger partial charge in [-0.25, -0.2) is 19.8 Å². The molecule has 1 atom stereocenters. The summed E-state index contributed by atoms with van der Waals surface area (Å²) in [6.07, 6.45) is 4.99. The predicted molar refractivity (Wildman–Crippen MR) is 138 cm³/mol. The first kappa shape index (κ1) is 24.7. The molecule has 0 N–H and O–H groups in total. The molecular formula is C26H22N4O5S2. The van der Waals surface area contributed by atoms with Crippen LogP contribution in [0, 0.1) is 0 Å². The van der Waals surface area contributed by atoms with Gasteiger partial charge in [-0.15, -0.1) is 0 Å². The molecule has 4 heterocycles. The van der Waals surface area contributed by atoms with Crippen LogP contribution in [0.4, 0.5) is 0 Å². The molecule has 0 aliphatic carbocycles. The second kappa shape index (κ2) is 10.6. The lowest BCUT2D eigenvalue weighted by Gasteiger charge is -2.24. The second-order valence-electron chi connectivity index (χ2n) is 7.87. The van der Waals surface area contributed by atoms with Crippen molar-refractivity contribution in [2.75, 3.05) is 13.7 Å². The number of benzene rings is 1. The van der Waals surface area contributed by atoms with Crippen molar-refractivity contribution in [3.8, 4) is 5.75 Å². The van der Waals surface area contributed by atoms with E-state index in [1.807, 2.05) is 12.1 Å². The first-order valence-corrected chi connectivity index (χ1v) is 13.0. The Kier molecular flexibility index (Phi) is 7.06. The van der Waals surface area contributed by atoms with Crippen molar-refractivity contribution in [3.63, 3.8) is 0 Å². The Bertz CT molecular complexity index is 1670. The van der Waals surface area contributed by atoms with Gasteiger partial charge in [0, 0.05) is 18.5 Å². The molecule has 0 radical (unpaired) electrons. The maximum absolute atomic E-state index is 13.7. The third-order valence-corrected chi connectivity index (χ3v) is 7.33. The molecule has 0 unspecified atom stereocenters. The molecule has 0 bridgehead atoms. The Morgan fingerprint density at radius 3 is 2.78 bits per heavy atom. The SMILES string of the molecule is CCOC(=O)C1=C(C)N=c2s/c(=C/c3ccc(Sc4ncccn4)o3)c(=O)n2[C@H]1c1cccc(OC)c1. The van der Waals surface area contributed by atoms with Gasteiger partial charge in [0.25, 0.3) is 5.56 Å². The number of ether oxygens (including phenoxy) is 2. The third kappa shape index (κ3) is 5.00. The van der Waals surface area contributed by atoms with Crippen molar-refractivity contribution >= 4 is 35.1 Å². The van der Waals surface area contributed by atoms with Crippen molar-refractivity contribution in [1.29, 1.82) is 0 Å². The zero-order chi connectivity index (χ0) is 25.9. The minimum atomic E-state index is -0.717. The lowest BCUT2D eigenvalue weighted by molar-refractivity contribution is -0.139. The molecule has 0 fully saturated rings. The van der Waals surface area contributed by atoms with E-state index in [9.17, 15) is 9.59 Å². The van der Waals surface area contributed by atoms with Gasteiger partial charge in [-0.2, -0.15) is 0 Å². The Morgan fingerprint density at radius 2 is 2.03 bits per heavy atom. The van der Waals surface area contributed by atoms with Crippen molar-refractivity contribution in [2.45, 2.75) is 30.1 Å². The number of carbonyl (C=O) groups is 1. The average Bonchev–Trinajstić information content (AvgIpc) is 3.47. The molecule has 0 spiro atoms. The molecule has 1 aromatic carbocycles. The number of nitrogens with zero attached hydrogens (tertiary/aromatic N) is 4. The summed E-state index contributed by atoms with van der Waals surface area (Å²) >= 11 is 2.51. The second-order valence-corrected chi connectivity index (χ2v) is 9.85. The van der Waals surface area contributed by atoms with Crippen LogP contribution < -0.4 is 19.6 Å². The summed E-state index contributed by atoms with van der Waals surface area (Å²) in [6, 6.07) is 11.9. The fourth-order valence-corrected chi connectivity index (χ4v) is 5.65. The number of rotatable bonds is 7. The van der Waals surface area contributed by atoms with Gasteiger partial charge in [0.05, 0.1) is 35.6 Å². The van der Waals surface area contributed by atoms with Gasteiger partial charge in [0.2, 0.25) is 0 Å². The van der Waals surface area contributed by atoms with Crippen LogP contribution in [0.3, 0.4) is 0 Å². The van der Waals surface area contributed by atoms with E-state index < -0.39 is 12.0 Å². The van der Waals surface area contributed by atoms with Crippen LogP contribution in [0.15, 0.2) is 90.6 Å². The highest BCUT2D eigenvalue weighted by Crippen LogP contribution is 2.32. The van der Waals surface area contributed by atoms with Gasteiger partial charge in [0.1, 0.15) is 11.5 Å². The Morgan fingerprint density at radius 1 is 1.22 bits per heavy atom. The lowest BCUT2D eigenvalue weighted by atomic mass is 9.95. The van der Waals surface area contributed by atoms with Crippen LogP contribution in [-0.2, 0) is 9.53 Å². The number of fused-ring (bicyclic) bond motifs is 1. The van der Waals surface area contributed by atoms with Gasteiger partial charge in [0.15, 0.2) is 15.1 Å². The molecule has 0 saturated carbocycles. The molecule has 1 aliphatic rings. The molecule has 1 aliphatic heterocycles. The molecule has 11 heteroatoms. The highest BCUT2D eigenvalue weighted by atomic mass is 32.2. The number of esters is 1. The van der Waals surface area contributed by atoms with E-state index in [-0.39, 0.29) is 12.2 Å². The molecule has 188 valence electrons. The van der Waals surface area contributed by atoms with Crippen LogP contribution in [0.5, 0.6) is 5.75 Å². The summed E-state index contributed by atoms with van der Waals surface area (Å²) in [4.78, 5) is 40.1. The number of allylic oxidation sites excluding steroid dienone is 1. The zero-order valence-electron chi connectivity index (χ0n) is 20.2. The molecule has 9 nitrogen and oxygen atoms in total. The van der Waals surface area contributed by atoms with E-state index >= 15 is 0 Å². The largest absolute Gasteiger partial charge is 0.497 e. The first-order chi connectivity index (χ1) is 18.0. The standard InChI is InChI=1S/C26H22N4O5S2/c1-4-34-24(32)21-15(2)29-26-30(22(21)16-7-5-8-17(13-16)33-3)23(31)19(36-26)14-18-9-10-20(35-18)37-25-27-11-6-12-28-25/h5-14,22H,4H2,1-3H3/b19-14+/t22-/m0/s1. The number of methoxy groups -OCH3 is 1. The Hall–Kier alpha value is -3.96. The number of hydrogen-bond donors (Lipinski definition) is 0. The molecule has 4 aromatic rings. The minimum absolute atomic E-state index is 0.206. The van der Waals surface area contributed by atoms with Crippen LogP contribution in [-0.4, -0.2) is 34.2 Å². The Labute approximate surface area is 219 Å². The topological polar surface area (TPSA) is 109 Å². The molecule has 3 aromatic heterocycles. The molecule has 37 heavy (non-hydrogen) atoms. The summed E-state index contributed by atoms with van der Waals surface area (Å²) in [5.41, 5.74) is 1.24. The highest BCUT2D eigenvalue weighted by Gasteiger charge is 2.33. The van der Waals surface area contributed by atoms with E-state index in [2.05, 4.69) is 15.0 Å². The van der Waals surface area contributed by atoms with Crippen LogP contribution in [0.1, 0.15) is 31.2 Å². The summed E-state index contributed by atoms with van der Waals surface area (Å²) in [7, 11) is 1.57.